The second-order valence-electron chi connectivity index (χ2n) is 8.48. The molecule has 0 spiro atoms. The van der Waals surface area contributed by atoms with Gasteiger partial charge in [0.25, 0.3) is 0 Å². The third kappa shape index (κ3) is 7.60. The molecule has 36 heavy (non-hydrogen) atoms. The minimum atomic E-state index is -0.615. The summed E-state index contributed by atoms with van der Waals surface area (Å²) in [4.78, 5) is 25.0. The Morgan fingerprint density at radius 3 is 2.28 bits per heavy atom. The van der Waals surface area contributed by atoms with E-state index in [9.17, 15) is 22.8 Å². The van der Waals surface area contributed by atoms with Gasteiger partial charge in [-0.15, -0.1) is 0 Å². The highest BCUT2D eigenvalue weighted by molar-refractivity contribution is 5.72. The zero-order valence-corrected chi connectivity index (χ0v) is 20.2. The average molecular weight is 499 g/mol. The highest BCUT2D eigenvalue weighted by Gasteiger charge is 2.30. The summed E-state index contributed by atoms with van der Waals surface area (Å²) in [5.74, 6) is -1.51. The van der Waals surface area contributed by atoms with Gasteiger partial charge < -0.3 is 15.0 Å². The van der Waals surface area contributed by atoms with E-state index < -0.39 is 11.6 Å². The van der Waals surface area contributed by atoms with Crippen LogP contribution in [0, 0.1) is 17.5 Å². The molecule has 0 aromatic heterocycles. The summed E-state index contributed by atoms with van der Waals surface area (Å²) < 4.78 is 44.5. The van der Waals surface area contributed by atoms with Crippen LogP contribution in [0.2, 0.25) is 0 Å². The normalized spacial score (nSPS) is 15.9. The first kappa shape index (κ1) is 26.8. The van der Waals surface area contributed by atoms with Crippen LogP contribution in [0.25, 0.3) is 11.1 Å². The molecule has 1 saturated heterocycles. The Morgan fingerprint density at radius 2 is 1.72 bits per heavy atom. The molecule has 1 aliphatic heterocycles. The van der Waals surface area contributed by atoms with Gasteiger partial charge >= 0.3 is 6.09 Å². The molecule has 190 valence electrons. The van der Waals surface area contributed by atoms with Gasteiger partial charge in [0.05, 0.1) is 6.04 Å². The quantitative estimate of drug-likeness (QED) is 0.437. The number of benzene rings is 3. The molecular weight excluding hydrogens is 469 g/mol. The van der Waals surface area contributed by atoms with Crippen LogP contribution in [0.4, 0.5) is 18.0 Å². The third-order valence-corrected chi connectivity index (χ3v) is 5.87. The van der Waals surface area contributed by atoms with Crippen LogP contribution in [-0.2, 0) is 9.53 Å². The van der Waals surface area contributed by atoms with Crippen molar-refractivity contribution in [3.8, 4) is 11.1 Å². The Balaban J connectivity index is 0.000000444. The molecule has 0 radical (unpaired) electrons. The molecule has 2 amide bonds. The number of cyclic esters (lactones) is 1. The molecule has 0 saturated carbocycles. The van der Waals surface area contributed by atoms with E-state index in [0.717, 1.165) is 11.6 Å². The number of nitrogens with one attached hydrogen (secondary N) is 1. The zero-order chi connectivity index (χ0) is 26.1. The predicted octanol–water partition coefficient (Wildman–Crippen LogP) is 6.26. The lowest BCUT2D eigenvalue weighted by atomic mass is 10.00. The second kappa shape index (κ2) is 12.8. The molecular formula is C28H29F3N2O3. The molecule has 0 bridgehead atoms. The molecule has 3 aromatic rings. The number of hydrogen-bond donors (Lipinski definition) is 1. The number of carbonyl (C=O) groups is 2. The van der Waals surface area contributed by atoms with Crippen LogP contribution in [0.3, 0.4) is 0 Å². The van der Waals surface area contributed by atoms with Gasteiger partial charge in [-0.1, -0.05) is 42.5 Å². The predicted molar refractivity (Wildman–Crippen MR) is 132 cm³/mol. The van der Waals surface area contributed by atoms with E-state index in [4.69, 9.17) is 4.74 Å². The van der Waals surface area contributed by atoms with E-state index in [1.807, 2.05) is 19.1 Å². The van der Waals surface area contributed by atoms with Gasteiger partial charge in [0, 0.05) is 44.5 Å². The highest BCUT2D eigenvalue weighted by Crippen LogP contribution is 2.29. The average Bonchev–Trinajstić information content (AvgIpc) is 2.85. The van der Waals surface area contributed by atoms with Crippen molar-refractivity contribution in [1.29, 1.82) is 0 Å². The molecule has 1 N–H and O–H groups in total. The number of carbonyl (C=O) groups excluding carboxylic acids is 2. The van der Waals surface area contributed by atoms with E-state index in [-0.39, 0.29) is 30.0 Å². The lowest BCUT2D eigenvalue weighted by molar-refractivity contribution is -0.119. The van der Waals surface area contributed by atoms with Crippen molar-refractivity contribution in [2.45, 2.75) is 38.8 Å². The lowest BCUT2D eigenvalue weighted by Gasteiger charge is -2.36. The van der Waals surface area contributed by atoms with Crippen molar-refractivity contribution < 1.29 is 27.5 Å². The fourth-order valence-corrected chi connectivity index (χ4v) is 3.87. The van der Waals surface area contributed by atoms with Gasteiger partial charge in [-0.2, -0.15) is 0 Å². The summed E-state index contributed by atoms with van der Waals surface area (Å²) in [5, 5.41) is 2.70. The first-order chi connectivity index (χ1) is 17.2. The topological polar surface area (TPSA) is 58.6 Å². The van der Waals surface area contributed by atoms with Gasteiger partial charge in [-0.3, -0.25) is 4.79 Å². The zero-order valence-electron chi connectivity index (χ0n) is 20.2. The van der Waals surface area contributed by atoms with Crippen LogP contribution in [0.15, 0.2) is 72.8 Å². The van der Waals surface area contributed by atoms with Crippen molar-refractivity contribution in [2.75, 3.05) is 13.1 Å². The summed E-state index contributed by atoms with van der Waals surface area (Å²) in [6, 6.07) is 18.4. The van der Waals surface area contributed by atoms with Crippen molar-refractivity contribution in [1.82, 2.24) is 10.2 Å². The number of rotatable bonds is 6. The Kier molecular flexibility index (Phi) is 9.50. The van der Waals surface area contributed by atoms with Crippen LogP contribution in [-0.4, -0.2) is 36.1 Å². The first-order valence-electron chi connectivity index (χ1n) is 11.7. The maximum atomic E-state index is 14.0. The van der Waals surface area contributed by atoms with E-state index in [2.05, 4.69) is 5.32 Å². The summed E-state index contributed by atoms with van der Waals surface area (Å²) >= 11 is 0. The molecule has 2 atom stereocenters. The van der Waals surface area contributed by atoms with Crippen LogP contribution < -0.4 is 5.32 Å². The summed E-state index contributed by atoms with van der Waals surface area (Å²) in [6.07, 6.45) is 0.687. The summed E-state index contributed by atoms with van der Waals surface area (Å²) in [7, 11) is 0. The van der Waals surface area contributed by atoms with E-state index in [1.54, 1.807) is 35.2 Å². The minimum Gasteiger partial charge on any atom is -0.446 e. The van der Waals surface area contributed by atoms with Crippen LogP contribution in [0.1, 0.15) is 38.3 Å². The largest absolute Gasteiger partial charge is 0.446 e. The number of hydrogen-bond acceptors (Lipinski definition) is 3. The van der Waals surface area contributed by atoms with E-state index in [0.29, 0.717) is 37.1 Å². The number of halogens is 3. The monoisotopic (exact) mass is 498 g/mol. The number of nitrogens with zero attached hydrogens (tertiary/aromatic N) is 1. The Bertz CT molecular complexity index is 1160. The van der Waals surface area contributed by atoms with Crippen molar-refractivity contribution in [2.24, 2.45) is 0 Å². The standard InChI is InChI=1S/C22H24F2N2O3.C6H5F/c1-14(26-12-10-19(29-22(26)28)9-11-25-15(2)27)16-3-5-17(6-4-16)20-8-7-18(23)13-21(20)24;7-6-4-2-1-3-5-6/h3-8,13-14,19H,9-12H2,1-2H3,(H,25,27);1-5H. The maximum absolute atomic E-state index is 14.0. The molecule has 0 aliphatic carbocycles. The Morgan fingerprint density at radius 1 is 1.03 bits per heavy atom. The molecule has 1 heterocycles. The fraction of sp³-hybridized carbons (Fsp3) is 0.286. The first-order valence-corrected chi connectivity index (χ1v) is 11.7. The van der Waals surface area contributed by atoms with E-state index in [1.165, 1.54) is 31.2 Å². The summed E-state index contributed by atoms with van der Waals surface area (Å²) in [5.41, 5.74) is 1.85. The molecule has 2 unspecified atom stereocenters. The Hall–Kier alpha value is -3.81. The molecule has 4 rings (SSSR count). The maximum Gasteiger partial charge on any atom is 0.410 e. The van der Waals surface area contributed by atoms with Gasteiger partial charge in [0.15, 0.2) is 0 Å². The van der Waals surface area contributed by atoms with Gasteiger partial charge in [0.1, 0.15) is 23.6 Å². The second-order valence-corrected chi connectivity index (χ2v) is 8.48. The molecule has 8 heteroatoms. The van der Waals surface area contributed by atoms with Crippen molar-refractivity contribution in [3.05, 3.63) is 95.8 Å². The molecule has 5 nitrogen and oxygen atoms in total. The number of ether oxygens (including phenoxy) is 1. The molecule has 3 aromatic carbocycles. The van der Waals surface area contributed by atoms with Crippen molar-refractivity contribution in [3.63, 3.8) is 0 Å². The third-order valence-electron chi connectivity index (χ3n) is 5.87. The van der Waals surface area contributed by atoms with Gasteiger partial charge in [-0.05, 0) is 42.3 Å². The van der Waals surface area contributed by atoms with Gasteiger partial charge in [-0.25, -0.2) is 18.0 Å². The SMILES string of the molecule is CC(=O)NCCC1CCN(C(C)c2ccc(-c3ccc(F)cc3F)cc2)C(=O)O1.Fc1ccccc1. The minimum absolute atomic E-state index is 0.105. The Labute approximate surface area is 208 Å². The summed E-state index contributed by atoms with van der Waals surface area (Å²) in [6.45, 7) is 4.39. The van der Waals surface area contributed by atoms with E-state index >= 15 is 0 Å². The molecule has 1 aliphatic rings. The highest BCUT2D eigenvalue weighted by atomic mass is 19.1. The van der Waals surface area contributed by atoms with Gasteiger partial charge in [0.2, 0.25) is 5.91 Å². The number of amides is 2. The van der Waals surface area contributed by atoms with Crippen LogP contribution >= 0.6 is 0 Å². The van der Waals surface area contributed by atoms with Crippen molar-refractivity contribution >= 4 is 12.0 Å². The smallest absolute Gasteiger partial charge is 0.410 e. The lowest BCUT2D eigenvalue weighted by Crippen LogP contribution is -2.44. The molecule has 1 fully saturated rings. The van der Waals surface area contributed by atoms with Crippen LogP contribution in [0.5, 0.6) is 0 Å². The fourth-order valence-electron chi connectivity index (χ4n) is 3.87.